The van der Waals surface area contributed by atoms with E-state index in [9.17, 15) is 0 Å². The van der Waals surface area contributed by atoms with E-state index in [4.69, 9.17) is 5.26 Å². The number of rotatable bonds is 1. The summed E-state index contributed by atoms with van der Waals surface area (Å²) in [6, 6.07) is 2.78. The van der Waals surface area contributed by atoms with Crippen LogP contribution >= 0.6 is 0 Å². The zero-order chi connectivity index (χ0) is 11.7. The zero-order valence-electron chi connectivity index (χ0n) is 10.1. The number of nitrogens with one attached hydrogen (secondary N) is 1. The molecule has 2 heterocycles. The molecule has 0 atom stereocenters. The van der Waals surface area contributed by atoms with E-state index in [0.717, 1.165) is 19.5 Å². The summed E-state index contributed by atoms with van der Waals surface area (Å²) >= 11 is 0. The van der Waals surface area contributed by atoms with Crippen molar-refractivity contribution >= 4 is 0 Å². The van der Waals surface area contributed by atoms with Crippen LogP contribution in [-0.2, 0) is 13.0 Å². The topological polar surface area (TPSA) is 53.6 Å². The van der Waals surface area contributed by atoms with E-state index in [-0.39, 0.29) is 0 Å². The smallest absolute Gasteiger partial charge is 0.166 e. The normalized spacial score (nSPS) is 20.9. The molecule has 0 unspecified atom stereocenters. The Morgan fingerprint density at radius 3 is 2.88 bits per heavy atom. The minimum Gasteiger partial charge on any atom is -0.311 e. The lowest BCUT2D eigenvalue weighted by molar-refractivity contribution is 0.318. The molecule has 90 valence electrons. The van der Waals surface area contributed by atoms with Gasteiger partial charge in [0.2, 0.25) is 0 Å². The van der Waals surface area contributed by atoms with Crippen molar-refractivity contribution in [3.05, 3.63) is 17.0 Å². The Morgan fingerprint density at radius 2 is 2.12 bits per heavy atom. The lowest BCUT2D eigenvalue weighted by Crippen LogP contribution is -2.27. The highest BCUT2D eigenvalue weighted by Gasteiger charge is 2.25. The Hall–Kier alpha value is -1.34. The van der Waals surface area contributed by atoms with Crippen LogP contribution in [0.15, 0.2) is 0 Å². The molecule has 0 saturated heterocycles. The van der Waals surface area contributed by atoms with E-state index >= 15 is 0 Å². The number of hydrogen-bond acceptors (Lipinski definition) is 3. The largest absolute Gasteiger partial charge is 0.311 e. The molecule has 1 aromatic heterocycles. The highest BCUT2D eigenvalue weighted by molar-refractivity contribution is 5.37. The molecule has 0 bridgehead atoms. The molecule has 3 rings (SSSR count). The fourth-order valence-electron chi connectivity index (χ4n) is 3.09. The highest BCUT2D eigenvalue weighted by Crippen LogP contribution is 2.31. The molecule has 0 spiro atoms. The molecule has 4 heteroatoms. The molecular weight excluding hydrogens is 212 g/mol. The number of nitrogens with zero attached hydrogens (tertiary/aromatic N) is 3. The van der Waals surface area contributed by atoms with Gasteiger partial charge >= 0.3 is 0 Å². The molecular formula is C13H18N4. The van der Waals surface area contributed by atoms with Crippen LogP contribution < -0.4 is 5.32 Å². The summed E-state index contributed by atoms with van der Waals surface area (Å²) in [5.74, 6) is 0. The summed E-state index contributed by atoms with van der Waals surface area (Å²) in [4.78, 5) is 0. The van der Waals surface area contributed by atoms with E-state index in [1.165, 1.54) is 43.4 Å². The van der Waals surface area contributed by atoms with Crippen LogP contribution in [0.1, 0.15) is 55.1 Å². The third-order valence-corrected chi connectivity index (χ3v) is 3.99. The van der Waals surface area contributed by atoms with Gasteiger partial charge in [0.15, 0.2) is 5.69 Å². The average molecular weight is 230 g/mol. The molecule has 17 heavy (non-hydrogen) atoms. The molecule has 1 aliphatic carbocycles. The molecule has 0 amide bonds. The number of aromatic nitrogens is 2. The van der Waals surface area contributed by atoms with Crippen molar-refractivity contribution in [2.45, 2.75) is 51.1 Å². The fourth-order valence-corrected chi connectivity index (χ4v) is 3.09. The van der Waals surface area contributed by atoms with Crippen LogP contribution in [0.5, 0.6) is 0 Å². The Balaban J connectivity index is 1.98. The molecule has 2 aliphatic rings. The van der Waals surface area contributed by atoms with Crippen molar-refractivity contribution < 1.29 is 0 Å². The third kappa shape index (κ3) is 1.85. The van der Waals surface area contributed by atoms with Crippen molar-refractivity contribution in [2.75, 3.05) is 6.54 Å². The minimum absolute atomic E-state index is 0.527. The van der Waals surface area contributed by atoms with Crippen molar-refractivity contribution in [2.24, 2.45) is 0 Å². The van der Waals surface area contributed by atoms with Crippen molar-refractivity contribution in [3.8, 4) is 6.07 Å². The Bertz CT molecular complexity index is 449. The molecule has 4 nitrogen and oxygen atoms in total. The van der Waals surface area contributed by atoms with E-state index in [0.29, 0.717) is 11.7 Å². The summed E-state index contributed by atoms with van der Waals surface area (Å²) in [6.45, 7) is 1.85. The summed E-state index contributed by atoms with van der Waals surface area (Å²) in [6.07, 6.45) is 7.34. The summed E-state index contributed by atoms with van der Waals surface area (Å²) in [7, 11) is 0. The first-order chi connectivity index (χ1) is 8.40. The number of fused-ring (bicyclic) bond motifs is 1. The van der Waals surface area contributed by atoms with Gasteiger partial charge in [0.1, 0.15) is 6.07 Å². The van der Waals surface area contributed by atoms with Crippen LogP contribution in [0.4, 0.5) is 0 Å². The predicted molar refractivity (Wildman–Crippen MR) is 64.5 cm³/mol. The van der Waals surface area contributed by atoms with E-state index in [2.05, 4.69) is 21.2 Å². The fraction of sp³-hybridized carbons (Fsp3) is 0.692. The van der Waals surface area contributed by atoms with Crippen LogP contribution in [-0.4, -0.2) is 16.3 Å². The summed E-state index contributed by atoms with van der Waals surface area (Å²) < 4.78 is 2.15. The highest BCUT2D eigenvalue weighted by atomic mass is 15.3. The molecule has 1 saturated carbocycles. The van der Waals surface area contributed by atoms with Gasteiger partial charge in [-0.2, -0.15) is 10.4 Å². The predicted octanol–water partition coefficient (Wildman–Crippen LogP) is 1.91. The summed E-state index contributed by atoms with van der Waals surface area (Å²) in [5.41, 5.74) is 3.11. The molecule has 1 fully saturated rings. The van der Waals surface area contributed by atoms with Crippen LogP contribution in [0.2, 0.25) is 0 Å². The maximum atomic E-state index is 9.16. The van der Waals surface area contributed by atoms with E-state index in [1.807, 2.05) is 0 Å². The maximum Gasteiger partial charge on any atom is 0.166 e. The minimum atomic E-state index is 0.527. The van der Waals surface area contributed by atoms with Crippen LogP contribution in [0, 0.1) is 11.3 Å². The van der Waals surface area contributed by atoms with Gasteiger partial charge in [0, 0.05) is 12.1 Å². The first-order valence-corrected chi connectivity index (χ1v) is 6.61. The monoisotopic (exact) mass is 230 g/mol. The lowest BCUT2D eigenvalue weighted by Gasteiger charge is -2.25. The number of nitriles is 1. The average Bonchev–Trinajstić information content (AvgIpc) is 2.78. The molecule has 0 radical (unpaired) electrons. The lowest BCUT2D eigenvalue weighted by atomic mass is 9.95. The Morgan fingerprint density at radius 1 is 1.29 bits per heavy atom. The SMILES string of the molecule is N#Cc1nn(C2CCCCC2)c2c1CCNC2. The van der Waals surface area contributed by atoms with Gasteiger partial charge in [-0.15, -0.1) is 0 Å². The Labute approximate surface area is 102 Å². The van der Waals surface area contributed by atoms with Crippen molar-refractivity contribution in [1.29, 1.82) is 5.26 Å². The van der Waals surface area contributed by atoms with Gasteiger partial charge in [-0.25, -0.2) is 0 Å². The van der Waals surface area contributed by atoms with Crippen LogP contribution in [0.25, 0.3) is 0 Å². The van der Waals surface area contributed by atoms with Gasteiger partial charge in [-0.3, -0.25) is 4.68 Å². The van der Waals surface area contributed by atoms with E-state index < -0.39 is 0 Å². The summed E-state index contributed by atoms with van der Waals surface area (Å²) in [5, 5.41) is 17.1. The maximum absolute atomic E-state index is 9.16. The van der Waals surface area contributed by atoms with Gasteiger partial charge < -0.3 is 5.32 Å². The second-order valence-corrected chi connectivity index (χ2v) is 5.05. The first-order valence-electron chi connectivity index (χ1n) is 6.61. The van der Waals surface area contributed by atoms with Crippen molar-refractivity contribution in [3.63, 3.8) is 0 Å². The van der Waals surface area contributed by atoms with E-state index in [1.54, 1.807) is 0 Å². The third-order valence-electron chi connectivity index (χ3n) is 3.99. The van der Waals surface area contributed by atoms with Gasteiger partial charge in [0.25, 0.3) is 0 Å². The second kappa shape index (κ2) is 4.50. The quantitative estimate of drug-likeness (QED) is 0.801. The standard InChI is InChI=1S/C13H18N4/c14-8-12-11-6-7-15-9-13(11)17(16-12)10-4-2-1-3-5-10/h10,15H,1-7,9H2. The van der Waals surface area contributed by atoms with Crippen LogP contribution in [0.3, 0.4) is 0 Å². The van der Waals surface area contributed by atoms with Crippen molar-refractivity contribution in [1.82, 2.24) is 15.1 Å². The molecule has 0 aromatic carbocycles. The molecule has 1 aliphatic heterocycles. The van der Waals surface area contributed by atoms with Gasteiger partial charge in [-0.1, -0.05) is 19.3 Å². The van der Waals surface area contributed by atoms with Gasteiger partial charge in [-0.05, 0) is 25.8 Å². The Kier molecular flexibility index (Phi) is 2.86. The van der Waals surface area contributed by atoms with Gasteiger partial charge in [0.05, 0.1) is 11.7 Å². The number of hydrogen-bond donors (Lipinski definition) is 1. The molecule has 1 aromatic rings. The second-order valence-electron chi connectivity index (χ2n) is 5.05. The first kappa shape index (κ1) is 10.8. The molecule has 1 N–H and O–H groups in total. The zero-order valence-corrected chi connectivity index (χ0v) is 10.1.